The second kappa shape index (κ2) is 10.1. The number of carboxylic acid groups (broad SMARTS) is 2. The largest absolute Gasteiger partial charge is 0.542 e. The highest BCUT2D eigenvalue weighted by Gasteiger charge is 2.28. The van der Waals surface area contributed by atoms with Crippen LogP contribution in [0.4, 0.5) is 13.2 Å². The van der Waals surface area contributed by atoms with Crippen molar-refractivity contribution in [1.29, 1.82) is 0 Å². The number of halogens is 3. The summed E-state index contributed by atoms with van der Waals surface area (Å²) in [6, 6.07) is 1.82. The van der Waals surface area contributed by atoms with Crippen LogP contribution in [0, 0.1) is 0 Å². The van der Waals surface area contributed by atoms with Gasteiger partial charge in [-0.05, 0) is 5.10 Å². The van der Waals surface area contributed by atoms with E-state index in [-0.39, 0.29) is 24.5 Å². The van der Waals surface area contributed by atoms with Gasteiger partial charge in [-0.15, -0.1) is 11.3 Å². The summed E-state index contributed by atoms with van der Waals surface area (Å²) >= 11 is 1.50. The van der Waals surface area contributed by atoms with Crippen molar-refractivity contribution in [3.8, 4) is 10.6 Å². The molecular formula is C14H14F3N3O6S2. The van der Waals surface area contributed by atoms with Gasteiger partial charge in [-0.2, -0.15) is 13.2 Å². The number of sulfone groups is 1. The van der Waals surface area contributed by atoms with Crippen LogP contribution in [0.1, 0.15) is 6.42 Å². The first-order valence-corrected chi connectivity index (χ1v) is 10.1. The molecule has 154 valence electrons. The van der Waals surface area contributed by atoms with Crippen molar-refractivity contribution in [2.24, 2.45) is 0 Å². The van der Waals surface area contributed by atoms with Gasteiger partial charge in [-0.3, -0.25) is 4.79 Å². The molecule has 0 spiro atoms. The molecule has 0 radical (unpaired) electrons. The minimum Gasteiger partial charge on any atom is -0.542 e. The Morgan fingerprint density at radius 1 is 1.29 bits per heavy atom. The molecular weight excluding hydrogens is 427 g/mol. The molecule has 0 aliphatic heterocycles. The maximum atomic E-state index is 11.6. The number of rotatable bonds is 7. The Morgan fingerprint density at radius 2 is 1.93 bits per heavy atom. The van der Waals surface area contributed by atoms with E-state index in [0.717, 1.165) is 10.6 Å². The van der Waals surface area contributed by atoms with E-state index in [0.29, 0.717) is 0 Å². The molecule has 14 heteroatoms. The van der Waals surface area contributed by atoms with Crippen LogP contribution >= 0.6 is 11.3 Å². The molecule has 0 saturated carbocycles. The van der Waals surface area contributed by atoms with Crippen LogP contribution in [-0.2, 0) is 26.0 Å². The van der Waals surface area contributed by atoms with E-state index in [4.69, 9.17) is 15.0 Å². The molecule has 0 bridgehead atoms. The summed E-state index contributed by atoms with van der Waals surface area (Å²) in [6.07, 6.45) is -0.550. The smallest absolute Gasteiger partial charge is 0.430 e. The molecule has 0 atom stereocenters. The van der Waals surface area contributed by atoms with Gasteiger partial charge in [0.2, 0.25) is 0 Å². The predicted octanol–water partition coefficient (Wildman–Crippen LogP) is -0.319. The average Bonchev–Trinajstić information content (AvgIpc) is 3.13. The van der Waals surface area contributed by atoms with Crippen LogP contribution in [0.5, 0.6) is 0 Å². The van der Waals surface area contributed by atoms with Crippen molar-refractivity contribution in [2.45, 2.75) is 19.1 Å². The van der Waals surface area contributed by atoms with E-state index in [9.17, 15) is 26.4 Å². The van der Waals surface area contributed by atoms with E-state index < -0.39 is 28.0 Å². The van der Waals surface area contributed by atoms with Crippen molar-refractivity contribution in [2.75, 3.05) is 11.5 Å². The Hall–Kier alpha value is -2.61. The summed E-state index contributed by atoms with van der Waals surface area (Å²) in [6.45, 7) is 0.195. The number of hydrogen-bond acceptors (Lipinski definition) is 8. The van der Waals surface area contributed by atoms with Crippen molar-refractivity contribution in [3.05, 3.63) is 30.0 Å². The third kappa shape index (κ3) is 8.85. The van der Waals surface area contributed by atoms with Gasteiger partial charge < -0.3 is 15.0 Å². The van der Waals surface area contributed by atoms with E-state index in [1.807, 2.05) is 11.4 Å². The molecule has 0 aliphatic rings. The second-order valence-corrected chi connectivity index (χ2v) is 8.29. The third-order valence-electron chi connectivity index (χ3n) is 2.94. The highest BCUT2D eigenvalue weighted by Crippen LogP contribution is 2.18. The number of alkyl halides is 3. The Morgan fingerprint density at radius 3 is 2.36 bits per heavy atom. The highest BCUT2D eigenvalue weighted by atomic mass is 32.2. The third-order valence-corrected chi connectivity index (χ3v) is 5.39. The van der Waals surface area contributed by atoms with Gasteiger partial charge in [0.05, 0.1) is 12.2 Å². The van der Waals surface area contributed by atoms with Crippen LogP contribution in [0.15, 0.2) is 30.0 Å². The van der Waals surface area contributed by atoms with Crippen molar-refractivity contribution < 1.29 is 46.1 Å². The van der Waals surface area contributed by atoms with Crippen LogP contribution in [0.2, 0.25) is 0 Å². The summed E-state index contributed by atoms with van der Waals surface area (Å²) in [5.74, 6) is -4.60. The zero-order valence-corrected chi connectivity index (χ0v) is 15.6. The van der Waals surface area contributed by atoms with Gasteiger partial charge in [0.15, 0.2) is 22.6 Å². The Labute approximate surface area is 161 Å². The highest BCUT2D eigenvalue weighted by molar-refractivity contribution is 7.91. The summed E-state index contributed by atoms with van der Waals surface area (Å²) in [4.78, 5) is 23.3. The Kier molecular flexibility index (Phi) is 8.43. The van der Waals surface area contributed by atoms with Gasteiger partial charge >= 0.3 is 12.1 Å². The molecule has 1 N–H and O–H groups in total. The SMILES string of the molecule is O=C(O)CCS(=O)(=O)CC[n+]1ccc(-c2nccs2)cn1.O=C([O-])C(F)(F)F. The molecule has 28 heavy (non-hydrogen) atoms. The summed E-state index contributed by atoms with van der Waals surface area (Å²) in [5, 5.41) is 24.1. The van der Waals surface area contributed by atoms with Gasteiger partial charge in [0, 0.05) is 23.2 Å². The standard InChI is InChI=1S/C12H13N3O4S2.C2HF3O2/c16-11(17)2-7-21(18,19)8-5-15-4-1-10(9-14-15)12-13-3-6-20-12;3-2(4,5)1(6)7/h1,3-4,6,9H,2,5,7-8H2;(H,6,7). The number of aryl methyl sites for hydroxylation is 1. The summed E-state index contributed by atoms with van der Waals surface area (Å²) < 4.78 is 56.4. The molecule has 0 unspecified atom stereocenters. The number of carboxylic acids is 2. The minimum atomic E-state index is -5.19. The van der Waals surface area contributed by atoms with Crippen molar-refractivity contribution >= 4 is 33.1 Å². The molecule has 0 saturated heterocycles. The predicted molar refractivity (Wildman–Crippen MR) is 87.5 cm³/mol. The van der Waals surface area contributed by atoms with Gasteiger partial charge in [0.1, 0.15) is 22.9 Å². The molecule has 2 aromatic rings. The fourth-order valence-corrected chi connectivity index (χ4v) is 3.37. The zero-order valence-electron chi connectivity index (χ0n) is 14.0. The van der Waals surface area contributed by atoms with Crippen LogP contribution in [0.3, 0.4) is 0 Å². The number of thiazole rings is 1. The van der Waals surface area contributed by atoms with E-state index in [1.165, 1.54) is 16.0 Å². The maximum Gasteiger partial charge on any atom is 0.430 e. The molecule has 0 fully saturated rings. The first-order valence-electron chi connectivity index (χ1n) is 7.37. The number of aliphatic carboxylic acids is 2. The van der Waals surface area contributed by atoms with Gasteiger partial charge in [-0.1, -0.05) is 4.68 Å². The van der Waals surface area contributed by atoms with Crippen molar-refractivity contribution in [1.82, 2.24) is 10.1 Å². The fraction of sp³-hybridized carbons (Fsp3) is 0.357. The molecule has 0 aliphatic carbocycles. The van der Waals surface area contributed by atoms with Crippen molar-refractivity contribution in [3.63, 3.8) is 0 Å². The van der Waals surface area contributed by atoms with Crippen LogP contribution in [-0.4, -0.2) is 53.2 Å². The lowest BCUT2D eigenvalue weighted by molar-refractivity contribution is -0.749. The number of carbonyl (C=O) groups is 2. The van der Waals surface area contributed by atoms with E-state index in [1.54, 1.807) is 18.6 Å². The lowest BCUT2D eigenvalue weighted by atomic mass is 10.3. The second-order valence-electron chi connectivity index (χ2n) is 5.10. The Bertz CT molecular complexity index is 884. The Balaban J connectivity index is 0.000000480. The molecule has 2 heterocycles. The quantitative estimate of drug-likeness (QED) is 0.577. The first-order chi connectivity index (χ1) is 12.9. The fourth-order valence-electron chi connectivity index (χ4n) is 1.59. The average molecular weight is 441 g/mol. The minimum absolute atomic E-state index is 0.130. The normalized spacial score (nSPS) is 11.4. The number of nitrogens with zero attached hydrogens (tertiary/aromatic N) is 3. The summed E-state index contributed by atoms with van der Waals surface area (Å²) in [7, 11) is -3.38. The van der Waals surface area contributed by atoms with Gasteiger partial charge in [-0.25, -0.2) is 13.4 Å². The first kappa shape index (κ1) is 23.4. The molecule has 0 amide bonds. The van der Waals surface area contributed by atoms with Crippen LogP contribution < -0.4 is 9.79 Å². The van der Waals surface area contributed by atoms with E-state index >= 15 is 0 Å². The molecule has 0 aromatic carbocycles. The molecule has 9 nitrogen and oxygen atoms in total. The van der Waals surface area contributed by atoms with E-state index in [2.05, 4.69) is 10.1 Å². The topological polar surface area (TPSA) is 141 Å². The molecule has 2 rings (SSSR count). The maximum absolute atomic E-state index is 11.6. The number of carbonyl (C=O) groups excluding carboxylic acids is 1. The van der Waals surface area contributed by atoms with Gasteiger partial charge in [0.25, 0.3) is 0 Å². The monoisotopic (exact) mass is 441 g/mol. The zero-order chi connectivity index (χ0) is 21.4. The van der Waals surface area contributed by atoms with Crippen LogP contribution in [0.25, 0.3) is 10.6 Å². The number of hydrogen-bond donors (Lipinski definition) is 1. The lowest BCUT2D eigenvalue weighted by Crippen LogP contribution is -2.40. The lowest BCUT2D eigenvalue weighted by Gasteiger charge is -2.03. The molecule has 2 aromatic heterocycles. The number of aromatic nitrogens is 3. The summed E-state index contributed by atoms with van der Waals surface area (Å²) in [5.41, 5.74) is 0.870.